The van der Waals surface area contributed by atoms with Crippen molar-refractivity contribution in [3.63, 3.8) is 0 Å². The van der Waals surface area contributed by atoms with E-state index < -0.39 is 0 Å². The van der Waals surface area contributed by atoms with Crippen LogP contribution in [0.1, 0.15) is 53.4 Å². The van der Waals surface area contributed by atoms with Gasteiger partial charge in [0.15, 0.2) is 0 Å². The van der Waals surface area contributed by atoms with Crippen LogP contribution in [0.2, 0.25) is 0 Å². The van der Waals surface area contributed by atoms with Gasteiger partial charge in [-0.05, 0) is 43.9 Å². The molecule has 0 N–H and O–H groups in total. The quantitative estimate of drug-likeness (QED) is 0.512. The summed E-state index contributed by atoms with van der Waals surface area (Å²) in [4.78, 5) is 11.2. The normalized spacial score (nSPS) is 43.5. The zero-order chi connectivity index (χ0) is 12.6. The van der Waals surface area contributed by atoms with Gasteiger partial charge in [-0.15, -0.1) is 0 Å². The Kier molecular flexibility index (Phi) is 3.33. The summed E-state index contributed by atoms with van der Waals surface area (Å²) in [7, 11) is 0. The molecule has 0 aliphatic heterocycles. The Balaban J connectivity index is 2.26. The predicted molar refractivity (Wildman–Crippen MR) is 68.5 cm³/mol. The van der Waals surface area contributed by atoms with E-state index in [4.69, 9.17) is 4.74 Å². The molecule has 2 rings (SSSR count). The van der Waals surface area contributed by atoms with Gasteiger partial charge in [-0.25, -0.2) is 0 Å². The highest BCUT2D eigenvalue weighted by Crippen LogP contribution is 2.58. The van der Waals surface area contributed by atoms with Crippen molar-refractivity contribution < 1.29 is 9.53 Å². The van der Waals surface area contributed by atoms with Gasteiger partial charge < -0.3 is 4.74 Å². The van der Waals surface area contributed by atoms with Gasteiger partial charge in [0.25, 0.3) is 0 Å². The molecule has 0 saturated heterocycles. The van der Waals surface area contributed by atoms with E-state index in [0.29, 0.717) is 11.8 Å². The highest BCUT2D eigenvalue weighted by atomic mass is 16.5. The lowest BCUT2D eigenvalue weighted by Crippen LogP contribution is -2.39. The number of hydrogen-bond acceptors (Lipinski definition) is 2. The van der Waals surface area contributed by atoms with Crippen molar-refractivity contribution >= 4 is 5.97 Å². The number of allylic oxidation sites excluding steroid dienone is 2. The molecular formula is C15H24O2. The minimum Gasteiger partial charge on any atom is -0.462 e. The van der Waals surface area contributed by atoms with Crippen LogP contribution in [0.5, 0.6) is 0 Å². The maximum atomic E-state index is 11.2. The lowest BCUT2D eigenvalue weighted by Gasteiger charge is -2.42. The van der Waals surface area contributed by atoms with Crippen molar-refractivity contribution in [1.29, 1.82) is 0 Å². The molecule has 2 nitrogen and oxygen atoms in total. The van der Waals surface area contributed by atoms with Crippen LogP contribution >= 0.6 is 0 Å². The summed E-state index contributed by atoms with van der Waals surface area (Å²) in [6.07, 6.45) is 7.08. The van der Waals surface area contributed by atoms with E-state index in [9.17, 15) is 4.79 Å². The highest BCUT2D eigenvalue weighted by molar-refractivity contribution is 5.66. The first-order valence-corrected chi connectivity index (χ1v) is 6.83. The van der Waals surface area contributed by atoms with Crippen molar-refractivity contribution in [2.75, 3.05) is 0 Å². The SMILES string of the molecule is C/C=C1\C(C)CC2[C@@H](OC(C)=O)CCC[C@]12C. The van der Waals surface area contributed by atoms with Crippen LogP contribution in [0.3, 0.4) is 0 Å². The van der Waals surface area contributed by atoms with Gasteiger partial charge in [-0.2, -0.15) is 0 Å². The molecule has 0 aromatic rings. The number of carbonyl (C=O) groups is 1. The third-order valence-corrected chi connectivity index (χ3v) is 4.88. The molecule has 17 heavy (non-hydrogen) atoms. The minimum atomic E-state index is -0.124. The predicted octanol–water partition coefficient (Wildman–Crippen LogP) is 3.71. The van der Waals surface area contributed by atoms with Gasteiger partial charge in [0.2, 0.25) is 0 Å². The molecule has 0 aromatic carbocycles. The first kappa shape index (κ1) is 12.7. The van der Waals surface area contributed by atoms with Crippen LogP contribution in [-0.2, 0) is 9.53 Å². The third kappa shape index (κ3) is 2.02. The summed E-state index contributed by atoms with van der Waals surface area (Å²) >= 11 is 0. The number of ether oxygens (including phenoxy) is 1. The summed E-state index contributed by atoms with van der Waals surface area (Å²) < 4.78 is 5.55. The molecule has 2 unspecified atom stereocenters. The molecule has 0 heterocycles. The highest BCUT2D eigenvalue weighted by Gasteiger charge is 2.51. The van der Waals surface area contributed by atoms with Gasteiger partial charge in [0.1, 0.15) is 6.10 Å². The Morgan fingerprint density at radius 1 is 1.53 bits per heavy atom. The summed E-state index contributed by atoms with van der Waals surface area (Å²) in [5.74, 6) is 1.05. The Morgan fingerprint density at radius 3 is 2.82 bits per heavy atom. The zero-order valence-electron chi connectivity index (χ0n) is 11.5. The van der Waals surface area contributed by atoms with E-state index >= 15 is 0 Å². The van der Waals surface area contributed by atoms with Crippen molar-refractivity contribution in [3.05, 3.63) is 11.6 Å². The molecule has 2 fully saturated rings. The van der Waals surface area contributed by atoms with Crippen LogP contribution in [0, 0.1) is 17.3 Å². The molecule has 96 valence electrons. The van der Waals surface area contributed by atoms with E-state index in [2.05, 4.69) is 26.8 Å². The molecule has 2 saturated carbocycles. The first-order valence-electron chi connectivity index (χ1n) is 6.83. The Labute approximate surface area is 104 Å². The first-order chi connectivity index (χ1) is 7.99. The Morgan fingerprint density at radius 2 is 2.24 bits per heavy atom. The maximum absolute atomic E-state index is 11.2. The van der Waals surface area contributed by atoms with Gasteiger partial charge in [0.05, 0.1) is 0 Å². The van der Waals surface area contributed by atoms with E-state index in [1.54, 1.807) is 5.57 Å². The second-order valence-corrected chi connectivity index (χ2v) is 5.94. The molecule has 0 aromatic heterocycles. The number of hydrogen-bond donors (Lipinski definition) is 0. The molecule has 0 spiro atoms. The average Bonchev–Trinajstić information content (AvgIpc) is 2.49. The van der Waals surface area contributed by atoms with E-state index in [0.717, 1.165) is 6.42 Å². The smallest absolute Gasteiger partial charge is 0.302 e. The molecular weight excluding hydrogens is 212 g/mol. The Bertz CT molecular complexity index is 345. The van der Waals surface area contributed by atoms with E-state index in [1.807, 2.05) is 0 Å². The molecule has 2 aliphatic rings. The topological polar surface area (TPSA) is 26.3 Å². The molecule has 4 atom stereocenters. The number of fused-ring (bicyclic) bond motifs is 1. The van der Waals surface area contributed by atoms with Crippen molar-refractivity contribution in [2.24, 2.45) is 17.3 Å². The van der Waals surface area contributed by atoms with Crippen molar-refractivity contribution in [1.82, 2.24) is 0 Å². The van der Waals surface area contributed by atoms with Crippen molar-refractivity contribution in [3.8, 4) is 0 Å². The molecule has 0 bridgehead atoms. The standard InChI is InChI=1S/C15H24O2/c1-5-12-10(2)9-13-14(17-11(3)16)7-6-8-15(12,13)4/h5,10,13-14H,6-9H2,1-4H3/b12-5+/t10?,13?,14-,15+/m0/s1. The van der Waals surface area contributed by atoms with Crippen LogP contribution < -0.4 is 0 Å². The lowest BCUT2D eigenvalue weighted by atomic mass is 9.66. The fourth-order valence-electron chi connectivity index (χ4n) is 4.28. The van der Waals surface area contributed by atoms with E-state index in [-0.39, 0.29) is 17.5 Å². The second kappa shape index (κ2) is 4.47. The maximum Gasteiger partial charge on any atom is 0.302 e. The van der Waals surface area contributed by atoms with Gasteiger partial charge in [-0.1, -0.05) is 25.5 Å². The number of carbonyl (C=O) groups excluding carboxylic acids is 1. The fraction of sp³-hybridized carbons (Fsp3) is 0.800. The van der Waals surface area contributed by atoms with Gasteiger partial charge >= 0.3 is 5.97 Å². The third-order valence-electron chi connectivity index (χ3n) is 4.88. The number of rotatable bonds is 1. The van der Waals surface area contributed by atoms with Crippen LogP contribution in [0.25, 0.3) is 0 Å². The Hall–Kier alpha value is -0.790. The molecule has 2 aliphatic carbocycles. The molecule has 0 radical (unpaired) electrons. The second-order valence-electron chi connectivity index (χ2n) is 5.94. The molecule has 0 amide bonds. The summed E-state index contributed by atoms with van der Waals surface area (Å²) in [6.45, 7) is 8.35. The summed E-state index contributed by atoms with van der Waals surface area (Å²) in [6, 6.07) is 0. The van der Waals surface area contributed by atoms with Gasteiger partial charge in [0, 0.05) is 12.8 Å². The minimum absolute atomic E-state index is 0.124. The van der Waals surface area contributed by atoms with Crippen molar-refractivity contribution in [2.45, 2.75) is 59.5 Å². The molecule has 2 heteroatoms. The number of esters is 1. The zero-order valence-corrected chi connectivity index (χ0v) is 11.5. The fourth-order valence-corrected chi connectivity index (χ4v) is 4.28. The van der Waals surface area contributed by atoms with E-state index in [1.165, 1.54) is 26.2 Å². The largest absolute Gasteiger partial charge is 0.462 e. The van der Waals surface area contributed by atoms with Crippen LogP contribution in [-0.4, -0.2) is 12.1 Å². The van der Waals surface area contributed by atoms with Crippen LogP contribution in [0.4, 0.5) is 0 Å². The lowest BCUT2D eigenvalue weighted by molar-refractivity contribution is -0.153. The monoisotopic (exact) mass is 236 g/mol. The summed E-state index contributed by atoms with van der Waals surface area (Å²) in [5.41, 5.74) is 1.85. The van der Waals surface area contributed by atoms with Crippen LogP contribution in [0.15, 0.2) is 11.6 Å². The summed E-state index contributed by atoms with van der Waals surface area (Å²) in [5, 5.41) is 0. The average molecular weight is 236 g/mol. The van der Waals surface area contributed by atoms with Gasteiger partial charge in [-0.3, -0.25) is 4.79 Å².